The van der Waals surface area contributed by atoms with Gasteiger partial charge in [0.25, 0.3) is 5.91 Å². The monoisotopic (exact) mass is 390 g/mol. The molecule has 13 heteroatoms. The first kappa shape index (κ1) is 21.3. The Labute approximate surface area is 141 Å². The molecule has 0 aromatic heterocycles. The number of hydrogen-bond donors (Lipinski definition) is 1. The van der Waals surface area contributed by atoms with Gasteiger partial charge in [0, 0.05) is 0 Å². The van der Waals surface area contributed by atoms with E-state index in [1.807, 2.05) is 0 Å². The van der Waals surface area contributed by atoms with Crippen LogP contribution in [0, 0.1) is 0 Å². The maximum absolute atomic E-state index is 12.2. The van der Waals surface area contributed by atoms with Gasteiger partial charge in [-0.2, -0.15) is 26.3 Å². The molecule has 26 heavy (non-hydrogen) atoms. The second kappa shape index (κ2) is 8.60. The third-order valence-corrected chi connectivity index (χ3v) is 2.34. The Bertz CT molecular complexity index is 645. The fourth-order valence-electron chi connectivity index (χ4n) is 1.44. The molecule has 0 aliphatic carbocycles. The van der Waals surface area contributed by atoms with Crippen molar-refractivity contribution >= 4 is 11.9 Å². The quantitative estimate of drug-likeness (QED) is 0.525. The third kappa shape index (κ3) is 8.41. The number of aliphatic carboxylic acids is 1. The number of alkyl halides is 6. The number of hydroxylamine groups is 1. The summed E-state index contributed by atoms with van der Waals surface area (Å²) < 4.78 is 81.9. The van der Waals surface area contributed by atoms with Crippen LogP contribution in [0.3, 0.4) is 0 Å². The van der Waals surface area contributed by atoms with E-state index in [0.29, 0.717) is 6.07 Å². The molecule has 0 aliphatic rings. The summed E-state index contributed by atoms with van der Waals surface area (Å²) >= 11 is 0. The molecule has 7 nitrogen and oxygen atoms in total. The highest BCUT2D eigenvalue weighted by Crippen LogP contribution is 2.27. The number of amides is 1. The van der Waals surface area contributed by atoms with Crippen LogP contribution in [0.15, 0.2) is 18.2 Å². The molecular weight excluding hydrogens is 380 g/mol. The molecule has 146 valence electrons. The van der Waals surface area contributed by atoms with E-state index in [-0.39, 0.29) is 0 Å². The van der Waals surface area contributed by atoms with E-state index in [9.17, 15) is 41.0 Å². The van der Waals surface area contributed by atoms with E-state index in [0.717, 1.165) is 12.1 Å². The molecule has 0 saturated carbocycles. The molecule has 0 atom stereocenters. The van der Waals surface area contributed by atoms with E-state index in [2.05, 4.69) is 14.3 Å². The van der Waals surface area contributed by atoms with E-state index in [1.165, 1.54) is 0 Å². The second-order valence-electron chi connectivity index (χ2n) is 4.56. The van der Waals surface area contributed by atoms with Gasteiger partial charge in [-0.05, 0) is 18.2 Å². The summed E-state index contributed by atoms with van der Waals surface area (Å²) in [5.41, 5.74) is 0.895. The van der Waals surface area contributed by atoms with Gasteiger partial charge in [-0.1, -0.05) is 0 Å². The first-order valence-corrected chi connectivity index (χ1v) is 6.52. The lowest BCUT2D eigenvalue weighted by Gasteiger charge is -2.15. The molecule has 0 aliphatic heterocycles. The lowest BCUT2D eigenvalue weighted by molar-refractivity contribution is -0.310. The largest absolute Gasteiger partial charge is 0.548 e. The number of carbonyl (C=O) groups is 2. The van der Waals surface area contributed by atoms with Crippen molar-refractivity contribution in [3.63, 3.8) is 0 Å². The van der Waals surface area contributed by atoms with Gasteiger partial charge < -0.3 is 19.4 Å². The van der Waals surface area contributed by atoms with Crippen LogP contribution in [0.5, 0.6) is 11.5 Å². The summed E-state index contributed by atoms with van der Waals surface area (Å²) in [4.78, 5) is 26.2. The number of rotatable bonds is 8. The van der Waals surface area contributed by atoms with Gasteiger partial charge >= 0.3 is 12.4 Å². The highest BCUT2D eigenvalue weighted by molar-refractivity contribution is 5.96. The predicted molar refractivity (Wildman–Crippen MR) is 68.0 cm³/mol. The summed E-state index contributed by atoms with van der Waals surface area (Å²) in [5.74, 6) is -4.12. The molecule has 1 amide bonds. The number of halogens is 6. The molecule has 1 rings (SSSR count). The average Bonchev–Trinajstić information content (AvgIpc) is 2.49. The smallest absolute Gasteiger partial charge is 0.422 e. The maximum Gasteiger partial charge on any atom is 0.422 e. The summed E-state index contributed by atoms with van der Waals surface area (Å²) in [6, 6.07) is 2.32. The maximum atomic E-state index is 12.2. The highest BCUT2D eigenvalue weighted by Gasteiger charge is 2.30. The zero-order valence-electron chi connectivity index (χ0n) is 12.6. The molecule has 0 saturated heterocycles. The molecule has 0 radical (unpaired) electrons. The lowest BCUT2D eigenvalue weighted by Crippen LogP contribution is -2.33. The average molecular weight is 390 g/mol. The summed E-state index contributed by atoms with van der Waals surface area (Å²) in [6.45, 7) is -4.57. The summed E-state index contributed by atoms with van der Waals surface area (Å²) in [6.07, 6.45) is -9.43. The number of hydrogen-bond acceptors (Lipinski definition) is 6. The van der Waals surface area contributed by atoms with Crippen molar-refractivity contribution in [2.75, 3.05) is 19.8 Å². The van der Waals surface area contributed by atoms with Gasteiger partial charge in [0.05, 0.1) is 11.5 Å². The van der Waals surface area contributed by atoms with Crippen LogP contribution < -0.4 is 20.1 Å². The van der Waals surface area contributed by atoms with E-state index in [4.69, 9.17) is 0 Å². The minimum absolute atomic E-state index is 0.494. The van der Waals surface area contributed by atoms with Crippen molar-refractivity contribution in [1.29, 1.82) is 0 Å². The Morgan fingerprint density at radius 1 is 1.00 bits per heavy atom. The van der Waals surface area contributed by atoms with E-state index < -0.39 is 61.1 Å². The van der Waals surface area contributed by atoms with Crippen molar-refractivity contribution in [3.8, 4) is 11.5 Å². The van der Waals surface area contributed by atoms with Gasteiger partial charge in [0.15, 0.2) is 13.2 Å². The van der Waals surface area contributed by atoms with Gasteiger partial charge in [0.2, 0.25) is 0 Å². The minimum Gasteiger partial charge on any atom is -0.548 e. The van der Waals surface area contributed by atoms with Crippen LogP contribution in [-0.4, -0.2) is 44.0 Å². The number of ether oxygens (including phenoxy) is 2. The van der Waals surface area contributed by atoms with Crippen LogP contribution in [0.25, 0.3) is 0 Å². The molecule has 1 aromatic rings. The highest BCUT2D eigenvalue weighted by atomic mass is 19.4. The summed E-state index contributed by atoms with van der Waals surface area (Å²) in [5, 5.41) is 10.2. The zero-order chi connectivity index (χ0) is 20.0. The minimum atomic E-state index is -4.75. The fourth-order valence-corrected chi connectivity index (χ4v) is 1.44. The number of carboxylic acids is 1. The van der Waals surface area contributed by atoms with Gasteiger partial charge in [-0.15, -0.1) is 0 Å². The van der Waals surface area contributed by atoms with Gasteiger partial charge in [-0.25, -0.2) is 5.48 Å². The van der Waals surface area contributed by atoms with Crippen LogP contribution in [0.1, 0.15) is 10.4 Å². The Morgan fingerprint density at radius 2 is 1.58 bits per heavy atom. The Morgan fingerprint density at radius 3 is 2.12 bits per heavy atom. The Kier molecular flexibility index (Phi) is 7.06. The SMILES string of the molecule is O=C([O-])CONC(=O)c1cc(OCC(F)(F)F)ccc1OCC(F)(F)F. The predicted octanol–water partition coefficient (Wildman–Crippen LogP) is 0.980. The lowest BCUT2D eigenvalue weighted by atomic mass is 10.2. The first-order chi connectivity index (χ1) is 11.9. The molecule has 0 unspecified atom stereocenters. The number of benzene rings is 1. The third-order valence-electron chi connectivity index (χ3n) is 2.34. The van der Waals surface area contributed by atoms with Crippen molar-refractivity contribution in [3.05, 3.63) is 23.8 Å². The number of carbonyl (C=O) groups excluding carboxylic acids is 2. The van der Waals surface area contributed by atoms with Crippen LogP contribution in [-0.2, 0) is 9.63 Å². The molecule has 1 N–H and O–H groups in total. The molecule has 0 heterocycles. The normalized spacial score (nSPS) is 11.8. The molecule has 0 spiro atoms. The number of carboxylic acid groups (broad SMARTS) is 1. The molecule has 0 fully saturated rings. The fraction of sp³-hybridized carbons (Fsp3) is 0.385. The van der Waals surface area contributed by atoms with Crippen LogP contribution >= 0.6 is 0 Å². The standard InChI is InChI=1S/C13H11F6NO6/c14-12(15,16)5-24-7-1-2-9(25-6-13(17,18)19)8(3-7)11(23)20-26-4-10(21)22/h1-3H,4-6H2,(H,20,23)(H,21,22)/p-1. The zero-order valence-corrected chi connectivity index (χ0v) is 12.6. The topological polar surface area (TPSA) is 96.9 Å². The first-order valence-electron chi connectivity index (χ1n) is 6.52. The second-order valence-corrected chi connectivity index (χ2v) is 4.56. The Balaban J connectivity index is 2.96. The van der Waals surface area contributed by atoms with Crippen molar-refractivity contribution in [2.24, 2.45) is 0 Å². The van der Waals surface area contributed by atoms with E-state index >= 15 is 0 Å². The van der Waals surface area contributed by atoms with Crippen LogP contribution in [0.2, 0.25) is 0 Å². The van der Waals surface area contributed by atoms with Crippen molar-refractivity contribution < 1.29 is 55.3 Å². The van der Waals surface area contributed by atoms with Crippen molar-refractivity contribution in [2.45, 2.75) is 12.4 Å². The number of nitrogens with one attached hydrogen (secondary N) is 1. The van der Waals surface area contributed by atoms with Crippen molar-refractivity contribution in [1.82, 2.24) is 5.48 Å². The molecule has 0 bridgehead atoms. The molecule has 1 aromatic carbocycles. The van der Waals surface area contributed by atoms with Gasteiger partial charge in [0.1, 0.15) is 18.1 Å². The Hall–Kier alpha value is -2.70. The molecular formula is C13H10F6NO6-. The van der Waals surface area contributed by atoms with Gasteiger partial charge in [-0.3, -0.25) is 9.63 Å². The van der Waals surface area contributed by atoms with E-state index in [1.54, 1.807) is 5.48 Å². The van der Waals surface area contributed by atoms with Crippen LogP contribution in [0.4, 0.5) is 26.3 Å². The summed E-state index contributed by atoms with van der Waals surface area (Å²) in [7, 11) is 0.